The summed E-state index contributed by atoms with van der Waals surface area (Å²) >= 11 is 0. The van der Waals surface area contributed by atoms with Gasteiger partial charge in [-0.15, -0.1) is 5.10 Å². The van der Waals surface area contributed by atoms with Crippen molar-refractivity contribution < 1.29 is 13.9 Å². The molecule has 0 bridgehead atoms. The molecule has 7 nitrogen and oxygen atoms in total. The first-order chi connectivity index (χ1) is 15.0. The van der Waals surface area contributed by atoms with Gasteiger partial charge in [-0.2, -0.15) is 4.68 Å². The number of carbonyl (C=O) groups is 1. The van der Waals surface area contributed by atoms with Crippen molar-refractivity contribution >= 4 is 17.4 Å². The van der Waals surface area contributed by atoms with E-state index in [1.54, 1.807) is 37.4 Å². The normalized spacial score (nSPS) is 16.1. The molecule has 1 atom stereocenters. The number of hydrogen-bond donors (Lipinski definition) is 1. The molecule has 8 heteroatoms. The van der Waals surface area contributed by atoms with E-state index in [9.17, 15) is 14.0 Å². The smallest absolute Gasteiger partial charge is 0.271 e. The molecule has 160 valence electrons. The van der Waals surface area contributed by atoms with Crippen LogP contribution >= 0.6 is 0 Å². The first kappa shape index (κ1) is 20.6. The average Bonchev–Trinajstić information content (AvgIpc) is 2.80. The van der Waals surface area contributed by atoms with Crippen LogP contribution in [0.1, 0.15) is 12.8 Å². The third-order valence-electron chi connectivity index (χ3n) is 5.33. The number of nitrogens with one attached hydrogen (secondary N) is 1. The summed E-state index contributed by atoms with van der Waals surface area (Å²) in [6.45, 7) is 1.23. The summed E-state index contributed by atoms with van der Waals surface area (Å²) in [7, 11) is 1.59. The van der Waals surface area contributed by atoms with Gasteiger partial charge in [0.1, 0.15) is 17.4 Å². The first-order valence-corrected chi connectivity index (χ1v) is 10.1. The molecule has 1 aromatic heterocycles. The summed E-state index contributed by atoms with van der Waals surface area (Å²) in [5.41, 5.74) is 0.895. The summed E-state index contributed by atoms with van der Waals surface area (Å²) in [6, 6.07) is 15.9. The van der Waals surface area contributed by atoms with Crippen molar-refractivity contribution in [3.8, 4) is 11.4 Å². The molecule has 0 unspecified atom stereocenters. The molecular formula is C23H23FN4O3. The second-order valence-electron chi connectivity index (χ2n) is 7.42. The van der Waals surface area contributed by atoms with E-state index in [1.165, 1.54) is 35.0 Å². The van der Waals surface area contributed by atoms with Crippen molar-refractivity contribution in [2.75, 3.05) is 30.4 Å². The predicted molar refractivity (Wildman–Crippen MR) is 116 cm³/mol. The molecule has 1 amide bonds. The Morgan fingerprint density at radius 3 is 2.55 bits per heavy atom. The maximum absolute atomic E-state index is 13.2. The monoisotopic (exact) mass is 422 g/mol. The molecule has 0 spiro atoms. The van der Waals surface area contributed by atoms with Gasteiger partial charge in [0.25, 0.3) is 5.56 Å². The van der Waals surface area contributed by atoms with E-state index in [2.05, 4.69) is 10.4 Å². The number of methoxy groups -OCH3 is 1. The molecule has 2 aromatic carbocycles. The lowest BCUT2D eigenvalue weighted by atomic mass is 9.97. The van der Waals surface area contributed by atoms with Crippen LogP contribution in [0, 0.1) is 11.7 Å². The number of carbonyl (C=O) groups excluding carboxylic acids is 1. The number of benzene rings is 2. The lowest BCUT2D eigenvalue weighted by Crippen LogP contribution is -2.41. The van der Waals surface area contributed by atoms with Gasteiger partial charge in [-0.25, -0.2) is 4.39 Å². The summed E-state index contributed by atoms with van der Waals surface area (Å²) in [5.74, 6) is 0.690. The van der Waals surface area contributed by atoms with Gasteiger partial charge in [0.05, 0.1) is 18.7 Å². The fourth-order valence-electron chi connectivity index (χ4n) is 3.66. The van der Waals surface area contributed by atoms with Crippen LogP contribution < -0.4 is 20.5 Å². The van der Waals surface area contributed by atoms with Gasteiger partial charge in [0.2, 0.25) is 5.91 Å². The van der Waals surface area contributed by atoms with Crippen LogP contribution in [0.5, 0.6) is 5.75 Å². The predicted octanol–water partition coefficient (Wildman–Crippen LogP) is 3.24. The maximum atomic E-state index is 13.2. The van der Waals surface area contributed by atoms with Crippen molar-refractivity contribution in [1.82, 2.24) is 9.78 Å². The summed E-state index contributed by atoms with van der Waals surface area (Å²) in [6.07, 6.45) is 1.61. The number of aromatic nitrogens is 2. The molecule has 1 aliphatic rings. The number of piperidine rings is 1. The highest BCUT2D eigenvalue weighted by molar-refractivity contribution is 5.93. The Bertz CT molecular complexity index is 1110. The third-order valence-corrected chi connectivity index (χ3v) is 5.33. The SMILES string of the molecule is COc1ccc(NC(=O)[C@H]2CCCN(c3ccc(=O)n(-c4ccc(F)cc4)n3)C2)cc1. The fourth-order valence-corrected chi connectivity index (χ4v) is 3.66. The van der Waals surface area contributed by atoms with Gasteiger partial charge in [0, 0.05) is 24.8 Å². The van der Waals surface area contributed by atoms with E-state index in [4.69, 9.17) is 4.74 Å². The Morgan fingerprint density at radius 1 is 1.10 bits per heavy atom. The molecule has 0 aliphatic carbocycles. The van der Waals surface area contributed by atoms with Gasteiger partial charge in [-0.1, -0.05) is 0 Å². The Hall–Kier alpha value is -3.68. The highest BCUT2D eigenvalue weighted by Crippen LogP contribution is 2.23. The van der Waals surface area contributed by atoms with Gasteiger partial charge >= 0.3 is 0 Å². The van der Waals surface area contributed by atoms with Crippen molar-refractivity contribution in [2.45, 2.75) is 12.8 Å². The summed E-state index contributed by atoms with van der Waals surface area (Å²) in [4.78, 5) is 27.1. The first-order valence-electron chi connectivity index (χ1n) is 10.1. The van der Waals surface area contributed by atoms with Crippen molar-refractivity contribution in [3.05, 3.63) is 76.8 Å². The van der Waals surface area contributed by atoms with Crippen molar-refractivity contribution in [2.24, 2.45) is 5.92 Å². The lowest BCUT2D eigenvalue weighted by Gasteiger charge is -2.32. The average molecular weight is 422 g/mol. The van der Waals surface area contributed by atoms with Crippen LogP contribution in [-0.4, -0.2) is 35.9 Å². The van der Waals surface area contributed by atoms with E-state index in [-0.39, 0.29) is 23.2 Å². The molecule has 31 heavy (non-hydrogen) atoms. The number of ether oxygens (including phenoxy) is 1. The zero-order chi connectivity index (χ0) is 21.8. The summed E-state index contributed by atoms with van der Waals surface area (Å²) in [5, 5.41) is 7.41. The Morgan fingerprint density at radius 2 is 1.84 bits per heavy atom. The number of amides is 1. The van der Waals surface area contributed by atoms with E-state index in [0.717, 1.165) is 25.1 Å². The minimum absolute atomic E-state index is 0.0540. The van der Waals surface area contributed by atoms with Gasteiger partial charge < -0.3 is 15.0 Å². The van der Waals surface area contributed by atoms with Gasteiger partial charge in [-0.3, -0.25) is 9.59 Å². The quantitative estimate of drug-likeness (QED) is 0.683. The van der Waals surface area contributed by atoms with E-state index in [1.807, 2.05) is 4.90 Å². The van der Waals surface area contributed by atoms with Gasteiger partial charge in [0.15, 0.2) is 0 Å². The highest BCUT2D eigenvalue weighted by Gasteiger charge is 2.27. The molecule has 1 aliphatic heterocycles. The van der Waals surface area contributed by atoms with Crippen molar-refractivity contribution in [1.29, 1.82) is 0 Å². The standard InChI is InChI=1S/C23H23FN4O3/c1-31-20-10-6-18(7-11-20)25-23(30)16-3-2-14-27(15-16)21-12-13-22(29)28(26-21)19-8-4-17(24)5-9-19/h4-13,16H,2-3,14-15H2,1H3,(H,25,30)/t16-/m0/s1. The lowest BCUT2D eigenvalue weighted by molar-refractivity contribution is -0.120. The number of hydrogen-bond acceptors (Lipinski definition) is 5. The maximum Gasteiger partial charge on any atom is 0.271 e. The van der Waals surface area contributed by atoms with Crippen LogP contribution in [0.4, 0.5) is 15.9 Å². The second-order valence-corrected chi connectivity index (χ2v) is 7.42. The summed E-state index contributed by atoms with van der Waals surface area (Å²) < 4.78 is 19.6. The Kier molecular flexibility index (Phi) is 5.97. The third kappa shape index (κ3) is 4.74. The topological polar surface area (TPSA) is 76.5 Å². The van der Waals surface area contributed by atoms with E-state index in [0.29, 0.717) is 23.7 Å². The van der Waals surface area contributed by atoms with E-state index >= 15 is 0 Å². The molecule has 1 saturated heterocycles. The van der Waals surface area contributed by atoms with Crippen LogP contribution in [0.25, 0.3) is 5.69 Å². The molecule has 1 N–H and O–H groups in total. The number of nitrogens with zero attached hydrogens (tertiary/aromatic N) is 3. The van der Waals surface area contributed by atoms with Crippen LogP contribution in [0.2, 0.25) is 0 Å². The highest BCUT2D eigenvalue weighted by atomic mass is 19.1. The Labute approximate surface area is 179 Å². The minimum Gasteiger partial charge on any atom is -0.497 e. The van der Waals surface area contributed by atoms with E-state index < -0.39 is 0 Å². The molecular weight excluding hydrogens is 399 g/mol. The zero-order valence-corrected chi connectivity index (χ0v) is 17.1. The second kappa shape index (κ2) is 8.99. The Balaban J connectivity index is 1.49. The van der Waals surface area contributed by atoms with Crippen LogP contribution in [-0.2, 0) is 4.79 Å². The van der Waals surface area contributed by atoms with Crippen molar-refractivity contribution in [3.63, 3.8) is 0 Å². The van der Waals surface area contributed by atoms with Crippen LogP contribution in [0.3, 0.4) is 0 Å². The molecule has 1 fully saturated rings. The molecule has 4 rings (SSSR count). The van der Waals surface area contributed by atoms with Gasteiger partial charge in [-0.05, 0) is 67.4 Å². The molecule has 0 radical (unpaired) electrons. The minimum atomic E-state index is -0.380. The van der Waals surface area contributed by atoms with Crippen LogP contribution in [0.15, 0.2) is 65.5 Å². The zero-order valence-electron chi connectivity index (χ0n) is 17.1. The molecule has 3 aromatic rings. The number of rotatable bonds is 5. The fraction of sp³-hybridized carbons (Fsp3) is 0.261. The molecule has 0 saturated carbocycles. The number of halogens is 1. The molecule has 2 heterocycles. The number of anilines is 2. The largest absolute Gasteiger partial charge is 0.497 e.